The van der Waals surface area contributed by atoms with Gasteiger partial charge in [-0.2, -0.15) is 13.2 Å². The van der Waals surface area contributed by atoms with Crippen LogP contribution in [0.25, 0.3) is 0 Å². The minimum Gasteiger partial charge on any atom is -0.468 e. The molecule has 1 unspecified atom stereocenters. The monoisotopic (exact) mass is 448 g/mol. The Balaban J connectivity index is 1.56. The highest BCUT2D eigenvalue weighted by atomic mass is 19.4. The molecule has 0 aromatic carbocycles. The summed E-state index contributed by atoms with van der Waals surface area (Å²) in [5.74, 6) is -0.00492. The Morgan fingerprint density at radius 3 is 2.75 bits per heavy atom. The lowest BCUT2D eigenvalue weighted by atomic mass is 10.1. The number of nitrogens with zero attached hydrogens (tertiary/aromatic N) is 4. The van der Waals surface area contributed by atoms with Gasteiger partial charge in [-0.25, -0.2) is 14.8 Å². The number of hydrogen-bond donors (Lipinski definition) is 0. The molecular formula is C21H19F3N4O4. The maximum Gasteiger partial charge on any atom is 0.422 e. The van der Waals surface area contributed by atoms with Crippen molar-refractivity contribution in [1.82, 2.24) is 14.9 Å². The number of amides is 2. The molecule has 4 heterocycles. The highest BCUT2D eigenvalue weighted by molar-refractivity contribution is 6.01. The average molecular weight is 448 g/mol. The quantitative estimate of drug-likeness (QED) is 0.690. The topological polar surface area (TPSA) is 84.9 Å². The number of cyclic esters (lactones) is 1. The molecule has 0 N–H and O–H groups in total. The number of aromatic nitrogens is 2. The largest absolute Gasteiger partial charge is 0.468 e. The average Bonchev–Trinajstić information content (AvgIpc) is 3.09. The molecule has 0 bridgehead atoms. The molecule has 2 aliphatic rings. The van der Waals surface area contributed by atoms with Gasteiger partial charge in [-0.3, -0.25) is 9.69 Å². The molecule has 1 atom stereocenters. The number of alkyl halides is 3. The molecule has 11 heteroatoms. The molecule has 0 radical (unpaired) electrons. The molecule has 2 aromatic rings. The van der Waals surface area contributed by atoms with Gasteiger partial charge in [0.1, 0.15) is 5.82 Å². The van der Waals surface area contributed by atoms with Crippen molar-refractivity contribution < 1.29 is 32.2 Å². The fourth-order valence-electron chi connectivity index (χ4n) is 3.64. The minimum absolute atomic E-state index is 0.113. The maximum absolute atomic E-state index is 13.1. The Morgan fingerprint density at radius 2 is 2.06 bits per heavy atom. The molecule has 32 heavy (non-hydrogen) atoms. The second-order valence-electron chi connectivity index (χ2n) is 7.43. The molecule has 0 fully saturated rings. The number of anilines is 1. The van der Waals surface area contributed by atoms with E-state index in [1.165, 1.54) is 23.6 Å². The second kappa shape index (κ2) is 8.13. The van der Waals surface area contributed by atoms with Crippen LogP contribution in [-0.4, -0.2) is 46.2 Å². The van der Waals surface area contributed by atoms with Gasteiger partial charge in [-0.15, -0.1) is 0 Å². The van der Waals surface area contributed by atoms with Crippen LogP contribution in [0.4, 0.5) is 23.8 Å². The van der Waals surface area contributed by atoms with Crippen LogP contribution in [0.15, 0.2) is 36.9 Å². The van der Waals surface area contributed by atoms with Gasteiger partial charge in [0.15, 0.2) is 6.61 Å². The Kier molecular flexibility index (Phi) is 5.49. The number of carbonyl (C=O) groups is 2. The highest BCUT2D eigenvalue weighted by Gasteiger charge is 2.36. The van der Waals surface area contributed by atoms with Crippen molar-refractivity contribution in [3.8, 4) is 5.88 Å². The zero-order valence-electron chi connectivity index (χ0n) is 17.2. The van der Waals surface area contributed by atoms with E-state index in [-0.39, 0.29) is 24.9 Å². The number of halogens is 3. The summed E-state index contributed by atoms with van der Waals surface area (Å²) in [7, 11) is 0. The van der Waals surface area contributed by atoms with Crippen LogP contribution in [0.1, 0.15) is 40.0 Å². The van der Waals surface area contributed by atoms with Crippen molar-refractivity contribution in [3.63, 3.8) is 0 Å². The van der Waals surface area contributed by atoms with E-state index < -0.39 is 24.9 Å². The highest BCUT2D eigenvalue weighted by Crippen LogP contribution is 2.36. The summed E-state index contributed by atoms with van der Waals surface area (Å²) < 4.78 is 46.9. The third-order valence-corrected chi connectivity index (χ3v) is 5.26. The number of rotatable bonds is 5. The number of pyridine rings is 2. The van der Waals surface area contributed by atoms with Gasteiger partial charge in [0.25, 0.3) is 5.91 Å². The van der Waals surface area contributed by atoms with Crippen LogP contribution in [0, 0.1) is 6.92 Å². The third kappa shape index (κ3) is 4.10. The van der Waals surface area contributed by atoms with Crippen molar-refractivity contribution in [3.05, 3.63) is 59.1 Å². The fourth-order valence-corrected chi connectivity index (χ4v) is 3.64. The first-order valence-corrected chi connectivity index (χ1v) is 9.74. The van der Waals surface area contributed by atoms with Crippen molar-refractivity contribution in [2.45, 2.75) is 32.6 Å². The van der Waals surface area contributed by atoms with Crippen LogP contribution in [0.2, 0.25) is 0 Å². The fraction of sp³-hybridized carbons (Fsp3) is 0.333. The van der Waals surface area contributed by atoms with Crippen molar-refractivity contribution in [2.75, 3.05) is 18.1 Å². The van der Waals surface area contributed by atoms with Crippen LogP contribution < -0.4 is 9.64 Å². The standard InChI is InChI=1S/C21H19F3N4O4/c1-12-8-14(9-26-18(12)32-11-21(22,23)24)13(2)28-10-16-15(19(28)29)4-5-25-17(16)27-6-3-7-31-20(27)30/h3-5,7-9,13H,6,10-11H2,1-2H3. The minimum atomic E-state index is -4.46. The van der Waals surface area contributed by atoms with Gasteiger partial charge in [-0.1, -0.05) is 0 Å². The van der Waals surface area contributed by atoms with Gasteiger partial charge in [0, 0.05) is 29.1 Å². The van der Waals surface area contributed by atoms with Crippen LogP contribution in [0.5, 0.6) is 5.88 Å². The van der Waals surface area contributed by atoms with E-state index in [9.17, 15) is 22.8 Å². The molecule has 0 saturated carbocycles. The lowest BCUT2D eigenvalue weighted by molar-refractivity contribution is -0.154. The summed E-state index contributed by atoms with van der Waals surface area (Å²) in [6.45, 7) is 2.43. The number of fused-ring (bicyclic) bond motifs is 1. The van der Waals surface area contributed by atoms with Crippen LogP contribution in [-0.2, 0) is 11.3 Å². The van der Waals surface area contributed by atoms with E-state index in [4.69, 9.17) is 9.47 Å². The van der Waals surface area contributed by atoms with E-state index >= 15 is 0 Å². The van der Waals surface area contributed by atoms with Gasteiger partial charge in [0.05, 0.1) is 25.4 Å². The Morgan fingerprint density at radius 1 is 1.28 bits per heavy atom. The maximum atomic E-state index is 13.1. The summed E-state index contributed by atoms with van der Waals surface area (Å²) in [4.78, 5) is 36.4. The van der Waals surface area contributed by atoms with Gasteiger partial charge >= 0.3 is 12.3 Å². The van der Waals surface area contributed by atoms with E-state index in [0.717, 1.165) is 0 Å². The van der Waals surface area contributed by atoms with Gasteiger partial charge < -0.3 is 14.4 Å². The summed E-state index contributed by atoms with van der Waals surface area (Å²) in [5, 5.41) is 0. The lowest BCUT2D eigenvalue weighted by Crippen LogP contribution is -2.34. The van der Waals surface area contributed by atoms with E-state index in [0.29, 0.717) is 28.1 Å². The first-order valence-electron chi connectivity index (χ1n) is 9.74. The third-order valence-electron chi connectivity index (χ3n) is 5.26. The molecule has 0 spiro atoms. The SMILES string of the molecule is Cc1cc(C(C)N2Cc3c(ccnc3N3CC=COC3=O)C2=O)cnc1OCC(F)(F)F. The zero-order chi connectivity index (χ0) is 23.0. The molecule has 2 aliphatic heterocycles. The van der Waals surface area contributed by atoms with Crippen molar-refractivity contribution in [2.24, 2.45) is 0 Å². The Labute approximate surface area is 181 Å². The number of carbonyl (C=O) groups excluding carboxylic acids is 2. The summed E-state index contributed by atoms with van der Waals surface area (Å²) in [6.07, 6.45) is 0.781. The molecule has 0 saturated heterocycles. The number of ether oxygens (including phenoxy) is 2. The van der Waals surface area contributed by atoms with E-state index in [2.05, 4.69) is 9.97 Å². The molecule has 8 nitrogen and oxygen atoms in total. The Bertz CT molecular complexity index is 1100. The Hall–Kier alpha value is -3.63. The normalized spacial score (nSPS) is 16.8. The summed E-state index contributed by atoms with van der Waals surface area (Å²) in [5.41, 5.74) is 2.09. The van der Waals surface area contributed by atoms with Crippen LogP contribution in [0.3, 0.4) is 0 Å². The first kappa shape index (κ1) is 21.6. The van der Waals surface area contributed by atoms with Crippen molar-refractivity contribution >= 4 is 17.8 Å². The molecule has 2 aromatic heterocycles. The zero-order valence-corrected chi connectivity index (χ0v) is 17.2. The van der Waals surface area contributed by atoms with E-state index in [1.807, 2.05) is 0 Å². The molecule has 4 rings (SSSR count). The summed E-state index contributed by atoms with van der Waals surface area (Å²) >= 11 is 0. The summed E-state index contributed by atoms with van der Waals surface area (Å²) in [6, 6.07) is 2.81. The molecule has 168 valence electrons. The number of hydrogen-bond acceptors (Lipinski definition) is 6. The first-order chi connectivity index (χ1) is 15.2. The molecule has 0 aliphatic carbocycles. The number of aryl methyl sites for hydroxylation is 1. The predicted octanol–water partition coefficient (Wildman–Crippen LogP) is 3.91. The van der Waals surface area contributed by atoms with E-state index in [1.54, 1.807) is 37.0 Å². The lowest BCUT2D eigenvalue weighted by Gasteiger charge is -2.26. The van der Waals surface area contributed by atoms with Gasteiger partial charge in [0.2, 0.25) is 5.88 Å². The second-order valence-corrected chi connectivity index (χ2v) is 7.43. The molecule has 2 amide bonds. The van der Waals surface area contributed by atoms with Crippen LogP contribution >= 0.6 is 0 Å². The van der Waals surface area contributed by atoms with Gasteiger partial charge in [-0.05, 0) is 37.6 Å². The van der Waals surface area contributed by atoms with Crippen molar-refractivity contribution in [1.29, 1.82) is 0 Å². The predicted molar refractivity (Wildman–Crippen MR) is 106 cm³/mol. The smallest absolute Gasteiger partial charge is 0.422 e. The molecular weight excluding hydrogens is 429 g/mol.